The molecule has 166 valence electrons. The van der Waals surface area contributed by atoms with E-state index in [0.29, 0.717) is 37.4 Å². The molecule has 3 rings (SSSR count). The van der Waals surface area contributed by atoms with Gasteiger partial charge in [-0.1, -0.05) is 32.9 Å². The molecule has 0 spiro atoms. The molecule has 1 aromatic carbocycles. The highest BCUT2D eigenvalue weighted by atomic mass is 16.6. The van der Waals surface area contributed by atoms with E-state index in [1.54, 1.807) is 17.0 Å². The second kappa shape index (κ2) is 9.27. The van der Waals surface area contributed by atoms with Crippen molar-refractivity contribution in [2.45, 2.75) is 72.4 Å². The van der Waals surface area contributed by atoms with Gasteiger partial charge in [0.25, 0.3) is 0 Å². The van der Waals surface area contributed by atoms with Gasteiger partial charge in [-0.2, -0.15) is 0 Å². The van der Waals surface area contributed by atoms with Crippen molar-refractivity contribution in [2.75, 3.05) is 13.1 Å². The fourth-order valence-electron chi connectivity index (χ4n) is 4.56. The molecule has 1 aliphatic carbocycles. The first-order valence-electron chi connectivity index (χ1n) is 11.1. The minimum absolute atomic E-state index is 0.00159. The summed E-state index contributed by atoms with van der Waals surface area (Å²) in [5, 5.41) is 12.6. The molecule has 2 fully saturated rings. The lowest BCUT2D eigenvalue weighted by Gasteiger charge is -2.37. The summed E-state index contributed by atoms with van der Waals surface area (Å²) < 4.78 is 5.75. The maximum Gasteiger partial charge on any atom is 0.410 e. The highest BCUT2D eigenvalue weighted by Gasteiger charge is 2.35. The van der Waals surface area contributed by atoms with Crippen molar-refractivity contribution >= 4 is 12.0 Å². The second-order valence-electron chi connectivity index (χ2n) is 9.99. The number of likely N-dealkylation sites (tertiary alicyclic amines) is 1. The van der Waals surface area contributed by atoms with Gasteiger partial charge >= 0.3 is 6.09 Å². The third-order valence-electron chi connectivity index (χ3n) is 6.71. The fraction of sp³-hybridized carbons (Fsp3) is 0.667. The van der Waals surface area contributed by atoms with E-state index in [-0.39, 0.29) is 29.8 Å². The molecule has 2 aliphatic rings. The van der Waals surface area contributed by atoms with Crippen LogP contribution in [0.3, 0.4) is 0 Å². The van der Waals surface area contributed by atoms with Crippen molar-refractivity contribution < 1.29 is 19.4 Å². The first-order chi connectivity index (χ1) is 14.1. The van der Waals surface area contributed by atoms with E-state index in [1.807, 2.05) is 13.0 Å². The molecule has 1 heterocycles. The Morgan fingerprint density at radius 2 is 1.87 bits per heavy atom. The number of hydrogen-bond donors (Lipinski definition) is 2. The summed E-state index contributed by atoms with van der Waals surface area (Å²) in [6.45, 7) is 10.1. The molecule has 0 aromatic heterocycles. The standard InChI is InChI=1S/C24H36N2O4/c1-16-13-17(5-10-21(16)27)14-25-22(28)18-11-12-26(15-18)23(29)30-20-8-6-19(7-9-20)24(2,3)4/h5,10,13,18-20,27H,6-9,11-12,14-15H2,1-4H3,(H,25,28)/t18-,19?,20?/m0/s1. The van der Waals surface area contributed by atoms with E-state index in [1.165, 1.54) is 0 Å². The summed E-state index contributed by atoms with van der Waals surface area (Å²) in [7, 11) is 0. The molecule has 6 heteroatoms. The van der Waals surface area contributed by atoms with Gasteiger partial charge in [-0.15, -0.1) is 0 Å². The normalized spacial score (nSPS) is 24.5. The van der Waals surface area contributed by atoms with Crippen molar-refractivity contribution in [3.8, 4) is 5.75 Å². The lowest BCUT2D eigenvalue weighted by molar-refractivity contribution is -0.124. The number of aryl methyl sites for hydroxylation is 1. The molecule has 6 nitrogen and oxygen atoms in total. The molecular weight excluding hydrogens is 380 g/mol. The molecule has 1 saturated heterocycles. The molecule has 2 amide bonds. The van der Waals surface area contributed by atoms with Gasteiger partial charge in [0.1, 0.15) is 11.9 Å². The number of amides is 2. The first-order valence-corrected chi connectivity index (χ1v) is 11.1. The van der Waals surface area contributed by atoms with Crippen LogP contribution in [0.4, 0.5) is 4.79 Å². The van der Waals surface area contributed by atoms with Crippen LogP contribution in [0.25, 0.3) is 0 Å². The Morgan fingerprint density at radius 1 is 1.17 bits per heavy atom. The number of nitrogens with zero attached hydrogens (tertiary/aromatic N) is 1. The Balaban J connectivity index is 1.41. The topological polar surface area (TPSA) is 78.9 Å². The summed E-state index contributed by atoms with van der Waals surface area (Å²) in [4.78, 5) is 26.7. The highest BCUT2D eigenvalue weighted by Crippen LogP contribution is 2.38. The van der Waals surface area contributed by atoms with E-state index in [9.17, 15) is 14.7 Å². The van der Waals surface area contributed by atoms with Gasteiger partial charge in [0, 0.05) is 19.6 Å². The van der Waals surface area contributed by atoms with Crippen LogP contribution >= 0.6 is 0 Å². The molecule has 1 saturated carbocycles. The number of ether oxygens (including phenoxy) is 1. The van der Waals surface area contributed by atoms with Crippen LogP contribution in [0.5, 0.6) is 5.75 Å². The van der Waals surface area contributed by atoms with Crippen molar-refractivity contribution in [1.82, 2.24) is 10.2 Å². The number of carbonyl (C=O) groups is 2. The molecule has 1 atom stereocenters. The van der Waals surface area contributed by atoms with Crippen LogP contribution in [0.2, 0.25) is 0 Å². The largest absolute Gasteiger partial charge is 0.508 e. The predicted molar refractivity (Wildman–Crippen MR) is 116 cm³/mol. The van der Waals surface area contributed by atoms with E-state index >= 15 is 0 Å². The van der Waals surface area contributed by atoms with E-state index in [4.69, 9.17) is 4.74 Å². The number of rotatable bonds is 4. The smallest absolute Gasteiger partial charge is 0.410 e. The quantitative estimate of drug-likeness (QED) is 0.763. The van der Waals surface area contributed by atoms with Crippen LogP contribution in [0, 0.1) is 24.2 Å². The zero-order valence-electron chi connectivity index (χ0n) is 18.7. The number of hydrogen-bond acceptors (Lipinski definition) is 4. The van der Waals surface area contributed by atoms with Crippen molar-refractivity contribution in [2.24, 2.45) is 17.3 Å². The average molecular weight is 417 g/mol. The fourth-order valence-corrected chi connectivity index (χ4v) is 4.56. The van der Waals surface area contributed by atoms with E-state index < -0.39 is 0 Å². The van der Waals surface area contributed by atoms with E-state index in [0.717, 1.165) is 36.8 Å². The third kappa shape index (κ3) is 5.67. The maximum absolute atomic E-state index is 12.6. The maximum atomic E-state index is 12.6. The van der Waals surface area contributed by atoms with Crippen LogP contribution in [-0.4, -0.2) is 41.2 Å². The summed E-state index contributed by atoms with van der Waals surface area (Å²) in [5.41, 5.74) is 2.04. The molecule has 0 bridgehead atoms. The van der Waals surface area contributed by atoms with Gasteiger partial charge in [-0.05, 0) is 67.6 Å². The van der Waals surface area contributed by atoms with Crippen molar-refractivity contribution in [3.63, 3.8) is 0 Å². The zero-order chi connectivity index (χ0) is 21.9. The Morgan fingerprint density at radius 3 is 2.50 bits per heavy atom. The Kier molecular flexibility index (Phi) is 6.94. The Hall–Kier alpha value is -2.24. The molecule has 0 radical (unpaired) electrons. The molecule has 1 aromatic rings. The lowest BCUT2D eigenvalue weighted by Crippen LogP contribution is -2.37. The van der Waals surface area contributed by atoms with Crippen molar-refractivity contribution in [3.05, 3.63) is 29.3 Å². The van der Waals surface area contributed by atoms with Crippen LogP contribution < -0.4 is 5.32 Å². The van der Waals surface area contributed by atoms with Crippen LogP contribution in [-0.2, 0) is 16.1 Å². The summed E-state index contributed by atoms with van der Waals surface area (Å²) >= 11 is 0. The van der Waals surface area contributed by atoms with Gasteiger partial charge in [0.05, 0.1) is 5.92 Å². The number of benzene rings is 1. The average Bonchev–Trinajstić information content (AvgIpc) is 3.19. The summed E-state index contributed by atoms with van der Waals surface area (Å²) in [6, 6.07) is 5.30. The second-order valence-corrected chi connectivity index (χ2v) is 9.99. The minimum Gasteiger partial charge on any atom is -0.508 e. The van der Waals surface area contributed by atoms with E-state index in [2.05, 4.69) is 26.1 Å². The third-order valence-corrected chi connectivity index (χ3v) is 6.71. The number of aromatic hydroxyl groups is 1. The van der Waals surface area contributed by atoms with Gasteiger partial charge in [-0.25, -0.2) is 4.79 Å². The molecule has 1 aliphatic heterocycles. The zero-order valence-corrected chi connectivity index (χ0v) is 18.7. The summed E-state index contributed by atoms with van der Waals surface area (Å²) in [5.74, 6) is 0.695. The Labute approximate surface area is 180 Å². The highest BCUT2D eigenvalue weighted by molar-refractivity contribution is 5.80. The summed E-state index contributed by atoms with van der Waals surface area (Å²) in [6.07, 6.45) is 4.44. The number of nitrogens with one attached hydrogen (secondary N) is 1. The molecule has 2 N–H and O–H groups in total. The monoisotopic (exact) mass is 416 g/mol. The number of carbonyl (C=O) groups excluding carboxylic acids is 2. The minimum atomic E-state index is -0.279. The van der Waals surface area contributed by atoms with Gasteiger partial charge < -0.3 is 20.1 Å². The first kappa shape index (κ1) is 22.4. The van der Waals surface area contributed by atoms with Gasteiger partial charge in [-0.3, -0.25) is 4.79 Å². The van der Waals surface area contributed by atoms with Crippen LogP contribution in [0.15, 0.2) is 18.2 Å². The predicted octanol–water partition coefficient (Wildman–Crippen LogP) is 4.38. The molecule has 30 heavy (non-hydrogen) atoms. The number of phenolic OH excluding ortho intramolecular Hbond substituents is 1. The Bertz CT molecular complexity index is 763. The van der Waals surface area contributed by atoms with Gasteiger partial charge in [0.15, 0.2) is 0 Å². The van der Waals surface area contributed by atoms with Crippen LogP contribution in [0.1, 0.15) is 64.0 Å². The van der Waals surface area contributed by atoms with Crippen molar-refractivity contribution in [1.29, 1.82) is 0 Å². The van der Waals surface area contributed by atoms with Gasteiger partial charge in [0.2, 0.25) is 5.91 Å². The molecular formula is C24H36N2O4. The SMILES string of the molecule is Cc1cc(CNC(=O)[C@H]2CCN(C(=O)OC3CCC(C(C)(C)C)CC3)C2)ccc1O. The number of phenols is 1. The lowest BCUT2D eigenvalue weighted by atomic mass is 9.72. The molecule has 0 unspecified atom stereocenters.